The smallest absolute Gasteiger partial charge is 0.462 e. The van der Waals surface area contributed by atoms with Gasteiger partial charge in [0.05, 0.1) is 6.61 Å². The first-order chi connectivity index (χ1) is 32.3. The third-order valence-electron chi connectivity index (χ3n) is 10.9. The van der Waals surface area contributed by atoms with Gasteiger partial charge in [-0.15, -0.1) is 0 Å². The molecule has 14 nitrogen and oxygen atoms in total. The van der Waals surface area contributed by atoms with Crippen LogP contribution in [-0.2, 0) is 37.5 Å². The molecule has 15 heteroatoms. The van der Waals surface area contributed by atoms with Crippen LogP contribution in [0, 0.1) is 0 Å². The van der Waals surface area contributed by atoms with Gasteiger partial charge < -0.3 is 39.9 Å². The molecule has 1 aliphatic rings. The van der Waals surface area contributed by atoms with Gasteiger partial charge in [-0.2, -0.15) is 0 Å². The van der Waals surface area contributed by atoms with Crippen LogP contribution in [0.25, 0.3) is 0 Å². The monoisotopic (exact) mass is 965 g/mol. The fourth-order valence-corrected chi connectivity index (χ4v) is 7.86. The number of aliphatic hydroxyl groups is 5. The van der Waals surface area contributed by atoms with Crippen molar-refractivity contribution in [1.82, 2.24) is 0 Å². The fraction of sp³-hybridized carbons (Fsp3) is 0.673. The van der Waals surface area contributed by atoms with Crippen molar-refractivity contribution in [2.24, 2.45) is 0 Å². The quantitative estimate of drug-likeness (QED) is 0.00840. The van der Waals surface area contributed by atoms with E-state index < -0.39 is 75.7 Å². The van der Waals surface area contributed by atoms with E-state index in [2.05, 4.69) is 50.3 Å². The first-order valence-corrected chi connectivity index (χ1v) is 26.3. The van der Waals surface area contributed by atoms with Crippen LogP contribution in [0.4, 0.5) is 0 Å². The summed E-state index contributed by atoms with van der Waals surface area (Å²) in [5.74, 6) is -1.08. The first kappa shape index (κ1) is 61.7. The van der Waals surface area contributed by atoms with Crippen molar-refractivity contribution >= 4 is 25.5 Å². The molecule has 1 aliphatic carbocycles. The highest BCUT2D eigenvalue weighted by Gasteiger charge is 2.51. The average Bonchev–Trinajstić information content (AvgIpc) is 3.30. The second-order valence-electron chi connectivity index (χ2n) is 17.0. The Morgan fingerprint density at radius 1 is 0.507 bits per heavy atom. The van der Waals surface area contributed by atoms with Gasteiger partial charge in [0.25, 0.3) is 0 Å². The van der Waals surface area contributed by atoms with E-state index in [4.69, 9.17) is 18.5 Å². The molecule has 0 aromatic rings. The van der Waals surface area contributed by atoms with Crippen LogP contribution in [0.5, 0.6) is 0 Å². The highest BCUT2D eigenvalue weighted by Crippen LogP contribution is 2.47. The molecule has 0 spiro atoms. The standard InChI is InChI=1S/C52H85O14P/c1-3-5-7-8-9-10-11-12-13-14-15-16-17-18-19-22-26-29-32-36-40-46(55)65-44(42-64-67(61,62)66-52-50(59)48(57)47(56)49(58)51(52)60)41-63-45(54)39-35-31-28-25-23-20-21-24-27-30-34-38-43(53)37-33-6-4-2/h10-11,13-14,16-17,20-21,25,27-28,30,34,38,44,47-52,56-60H,3-9,12,15,18-19,22-24,26,29,31-33,35-37,39-42H2,1-2H3,(H,61,62)/b11-10-,14-13-,17-16-,21-20-,28-25-,30-27-,38-34+/t44-,47?,48-,49+,50-,51-,52?/m1/s1. The molecule has 0 aromatic heterocycles. The van der Waals surface area contributed by atoms with E-state index in [0.29, 0.717) is 32.1 Å². The summed E-state index contributed by atoms with van der Waals surface area (Å²) in [4.78, 5) is 47.5. The van der Waals surface area contributed by atoms with Gasteiger partial charge in [-0.05, 0) is 83.1 Å². The number of unbranched alkanes of at least 4 members (excludes halogenated alkanes) is 13. The summed E-state index contributed by atoms with van der Waals surface area (Å²) in [6, 6.07) is 0. The minimum Gasteiger partial charge on any atom is -0.462 e. The van der Waals surface area contributed by atoms with E-state index in [0.717, 1.165) is 83.5 Å². The van der Waals surface area contributed by atoms with E-state index in [9.17, 15) is 49.4 Å². The molecule has 3 unspecified atom stereocenters. The molecule has 0 saturated heterocycles. The summed E-state index contributed by atoms with van der Waals surface area (Å²) in [5, 5.41) is 50.2. The second kappa shape index (κ2) is 40.6. The van der Waals surface area contributed by atoms with E-state index >= 15 is 0 Å². The van der Waals surface area contributed by atoms with Gasteiger partial charge in [-0.1, -0.05) is 151 Å². The summed E-state index contributed by atoms with van der Waals surface area (Å²) in [7, 11) is -5.16. The van der Waals surface area contributed by atoms with Crippen molar-refractivity contribution in [2.45, 2.75) is 211 Å². The van der Waals surface area contributed by atoms with E-state index in [-0.39, 0.29) is 18.6 Å². The Balaban J connectivity index is 2.50. The Bertz CT molecular complexity index is 1550. The zero-order valence-electron chi connectivity index (χ0n) is 40.4. The summed E-state index contributed by atoms with van der Waals surface area (Å²) < 4.78 is 33.5. The average molecular weight is 965 g/mol. The number of phosphoric acid groups is 1. The molecule has 0 aliphatic heterocycles. The van der Waals surface area contributed by atoms with Crippen LogP contribution in [-0.4, -0.2) is 104 Å². The van der Waals surface area contributed by atoms with Crippen LogP contribution in [0.15, 0.2) is 85.1 Å². The highest BCUT2D eigenvalue weighted by atomic mass is 31.2. The lowest BCUT2D eigenvalue weighted by atomic mass is 9.85. The SMILES string of the molecule is CCCCCC/C=C\C/C=C\C/C=C\CCCCCCCCC(=O)O[C@H](COC(=O)CCC/C=C\C/C=C\C/C=C\C=C\C(=O)CCCCC)COP(=O)(O)OC1[C@H](O)[C@H](O)C(O)[C@H](O)[C@H]1O. The van der Waals surface area contributed by atoms with Gasteiger partial charge in [0, 0.05) is 19.3 Å². The lowest BCUT2D eigenvalue weighted by molar-refractivity contribution is -0.220. The fourth-order valence-electron chi connectivity index (χ4n) is 6.89. The van der Waals surface area contributed by atoms with Gasteiger partial charge in [0.2, 0.25) is 0 Å². The largest absolute Gasteiger partial charge is 0.472 e. The van der Waals surface area contributed by atoms with E-state index in [1.165, 1.54) is 25.7 Å². The zero-order chi connectivity index (χ0) is 49.4. The van der Waals surface area contributed by atoms with E-state index in [1.807, 2.05) is 36.5 Å². The van der Waals surface area contributed by atoms with Crippen LogP contribution < -0.4 is 0 Å². The third kappa shape index (κ3) is 33.0. The summed E-state index contributed by atoms with van der Waals surface area (Å²) >= 11 is 0. The molecule has 0 bridgehead atoms. The van der Waals surface area contributed by atoms with Crippen LogP contribution >= 0.6 is 7.82 Å². The molecule has 6 N–H and O–H groups in total. The molecule has 1 fully saturated rings. The third-order valence-corrected chi connectivity index (χ3v) is 11.9. The first-order valence-electron chi connectivity index (χ1n) is 24.8. The number of carbonyl (C=O) groups excluding carboxylic acids is 3. The summed E-state index contributed by atoms with van der Waals surface area (Å²) in [6.07, 6.45) is 36.1. The predicted molar refractivity (Wildman–Crippen MR) is 263 cm³/mol. The number of esters is 2. The van der Waals surface area contributed by atoms with Crippen molar-refractivity contribution < 1.29 is 67.9 Å². The molecule has 0 radical (unpaired) electrons. The number of hydrogen-bond acceptors (Lipinski definition) is 13. The Kier molecular flexibility index (Phi) is 37.4. The van der Waals surface area contributed by atoms with Crippen LogP contribution in [0.1, 0.15) is 168 Å². The molecule has 8 atom stereocenters. The van der Waals surface area contributed by atoms with Crippen molar-refractivity contribution in [3.63, 3.8) is 0 Å². The minimum atomic E-state index is -5.16. The Morgan fingerprint density at radius 2 is 0.955 bits per heavy atom. The maximum atomic E-state index is 12.8. The van der Waals surface area contributed by atoms with E-state index in [1.54, 1.807) is 12.2 Å². The molecule has 382 valence electrons. The Labute approximate surface area is 401 Å². The van der Waals surface area contributed by atoms with Crippen molar-refractivity contribution in [3.8, 4) is 0 Å². The molecular formula is C52H85O14P. The molecule has 0 amide bonds. The second-order valence-corrected chi connectivity index (χ2v) is 18.4. The maximum Gasteiger partial charge on any atom is 0.472 e. The molecule has 67 heavy (non-hydrogen) atoms. The van der Waals surface area contributed by atoms with Gasteiger partial charge in [-0.3, -0.25) is 23.4 Å². The number of hydrogen-bond donors (Lipinski definition) is 6. The van der Waals surface area contributed by atoms with Crippen LogP contribution in [0.2, 0.25) is 0 Å². The van der Waals surface area contributed by atoms with Gasteiger partial charge in [-0.25, -0.2) is 4.57 Å². The number of aliphatic hydroxyl groups excluding tert-OH is 5. The predicted octanol–water partition coefficient (Wildman–Crippen LogP) is 9.63. The topological polar surface area (TPSA) is 227 Å². The van der Waals surface area contributed by atoms with Crippen molar-refractivity contribution in [1.29, 1.82) is 0 Å². The Hall–Kier alpha value is -3.30. The van der Waals surface area contributed by atoms with Gasteiger partial charge >= 0.3 is 19.8 Å². The lowest BCUT2D eigenvalue weighted by Gasteiger charge is -2.41. The molecule has 0 heterocycles. The maximum absolute atomic E-state index is 12.8. The van der Waals surface area contributed by atoms with Gasteiger partial charge in [0.15, 0.2) is 11.9 Å². The summed E-state index contributed by atoms with van der Waals surface area (Å²) in [6.45, 7) is 3.06. The number of allylic oxidation sites excluding steroid dienone is 14. The van der Waals surface area contributed by atoms with Gasteiger partial charge in [0.1, 0.15) is 43.2 Å². The lowest BCUT2D eigenvalue weighted by Crippen LogP contribution is -2.64. The number of carbonyl (C=O) groups is 3. The molecule has 0 aromatic carbocycles. The van der Waals surface area contributed by atoms with Crippen LogP contribution in [0.3, 0.4) is 0 Å². The number of ketones is 1. The number of rotatable bonds is 40. The Morgan fingerprint density at radius 3 is 1.54 bits per heavy atom. The summed E-state index contributed by atoms with van der Waals surface area (Å²) in [5.41, 5.74) is 0. The number of phosphoric ester groups is 1. The molecular weight excluding hydrogens is 880 g/mol. The molecule has 1 rings (SSSR count). The van der Waals surface area contributed by atoms with Crippen molar-refractivity contribution in [2.75, 3.05) is 13.2 Å². The zero-order valence-corrected chi connectivity index (χ0v) is 41.3. The van der Waals surface area contributed by atoms with Crippen molar-refractivity contribution in [3.05, 3.63) is 85.1 Å². The number of ether oxygens (including phenoxy) is 2. The highest BCUT2D eigenvalue weighted by molar-refractivity contribution is 7.47. The minimum absolute atomic E-state index is 0.0539. The molecule has 1 saturated carbocycles. The normalized spacial score (nSPS) is 21.8.